The van der Waals surface area contributed by atoms with E-state index in [1.54, 1.807) is 26.0 Å². The zero-order valence-electron chi connectivity index (χ0n) is 13.6. The zero-order valence-corrected chi connectivity index (χ0v) is 14.4. The van der Waals surface area contributed by atoms with E-state index in [0.717, 1.165) is 13.0 Å². The Labute approximate surface area is 135 Å². The van der Waals surface area contributed by atoms with Crippen LogP contribution in [0.2, 0.25) is 0 Å². The minimum atomic E-state index is -3.80. The number of hydrogen-bond acceptors (Lipinski definition) is 7. The first-order valence-corrected chi connectivity index (χ1v) is 8.81. The summed E-state index contributed by atoms with van der Waals surface area (Å²) in [6, 6.07) is 3.24. The number of nitrogens with zero attached hydrogens (tertiary/aromatic N) is 3. The number of aryl methyl sites for hydroxylation is 2. The van der Waals surface area contributed by atoms with Gasteiger partial charge in [-0.25, -0.2) is 8.42 Å². The summed E-state index contributed by atoms with van der Waals surface area (Å²) < 4.78 is 31.9. The molecule has 2 aromatic rings. The summed E-state index contributed by atoms with van der Waals surface area (Å²) >= 11 is 0. The van der Waals surface area contributed by atoms with Crippen LogP contribution in [-0.4, -0.2) is 30.3 Å². The Morgan fingerprint density at radius 2 is 1.83 bits per heavy atom. The highest BCUT2D eigenvalue weighted by Gasteiger charge is 2.24. The fourth-order valence-corrected chi connectivity index (χ4v) is 3.35. The van der Waals surface area contributed by atoms with Crippen LogP contribution in [0.3, 0.4) is 0 Å². The molecule has 126 valence electrons. The van der Waals surface area contributed by atoms with Crippen LogP contribution in [0.25, 0.3) is 0 Å². The van der Waals surface area contributed by atoms with Crippen molar-refractivity contribution in [2.75, 3.05) is 16.6 Å². The van der Waals surface area contributed by atoms with Crippen LogP contribution in [0.1, 0.15) is 31.7 Å². The highest BCUT2D eigenvalue weighted by molar-refractivity contribution is 7.92. The van der Waals surface area contributed by atoms with Gasteiger partial charge in [0.2, 0.25) is 0 Å². The SMILES string of the molecule is Cc1noc(C)c1S(=O)(=O)Nc1ccc(NCCC(C)C)nn1. The van der Waals surface area contributed by atoms with E-state index in [9.17, 15) is 8.42 Å². The second-order valence-corrected chi connectivity index (χ2v) is 7.29. The third-order valence-electron chi connectivity index (χ3n) is 3.17. The molecule has 9 heteroatoms. The number of hydrogen-bond donors (Lipinski definition) is 2. The fraction of sp³-hybridized carbons (Fsp3) is 0.500. The molecule has 0 unspecified atom stereocenters. The maximum atomic E-state index is 12.3. The quantitative estimate of drug-likeness (QED) is 0.796. The van der Waals surface area contributed by atoms with Crippen LogP contribution >= 0.6 is 0 Å². The van der Waals surface area contributed by atoms with Crippen LogP contribution in [0.4, 0.5) is 11.6 Å². The summed E-state index contributed by atoms with van der Waals surface area (Å²) in [6.07, 6.45) is 1.02. The molecule has 0 saturated heterocycles. The van der Waals surface area contributed by atoms with Crippen LogP contribution in [0.5, 0.6) is 0 Å². The molecule has 2 N–H and O–H groups in total. The van der Waals surface area contributed by atoms with Crippen molar-refractivity contribution in [2.45, 2.75) is 39.0 Å². The van der Waals surface area contributed by atoms with E-state index in [-0.39, 0.29) is 16.5 Å². The number of aromatic nitrogens is 3. The van der Waals surface area contributed by atoms with Crippen molar-refractivity contribution in [1.29, 1.82) is 0 Å². The smallest absolute Gasteiger partial charge is 0.268 e. The van der Waals surface area contributed by atoms with E-state index >= 15 is 0 Å². The van der Waals surface area contributed by atoms with Gasteiger partial charge in [0.05, 0.1) is 0 Å². The van der Waals surface area contributed by atoms with Crippen LogP contribution < -0.4 is 10.0 Å². The lowest BCUT2D eigenvalue weighted by Gasteiger charge is -2.09. The lowest BCUT2D eigenvalue weighted by Crippen LogP contribution is -2.16. The van der Waals surface area contributed by atoms with Gasteiger partial charge in [-0.1, -0.05) is 19.0 Å². The first kappa shape index (κ1) is 17.2. The molecule has 0 spiro atoms. The minimum absolute atomic E-state index is 0.0263. The summed E-state index contributed by atoms with van der Waals surface area (Å²) in [5, 5.41) is 14.6. The molecule has 23 heavy (non-hydrogen) atoms. The van der Waals surface area contributed by atoms with Gasteiger partial charge in [-0.15, -0.1) is 10.2 Å². The Bertz CT molecular complexity index is 734. The van der Waals surface area contributed by atoms with Crippen molar-refractivity contribution >= 4 is 21.7 Å². The lowest BCUT2D eigenvalue weighted by molar-refractivity contribution is 0.390. The molecule has 8 nitrogen and oxygen atoms in total. The Morgan fingerprint density at radius 1 is 1.17 bits per heavy atom. The Hall–Kier alpha value is -2.16. The van der Waals surface area contributed by atoms with Gasteiger partial charge in [-0.3, -0.25) is 4.72 Å². The summed E-state index contributed by atoms with van der Waals surface area (Å²) in [7, 11) is -3.80. The second-order valence-electron chi connectivity index (χ2n) is 5.67. The summed E-state index contributed by atoms with van der Waals surface area (Å²) in [6.45, 7) is 8.18. The van der Waals surface area contributed by atoms with Gasteiger partial charge in [0, 0.05) is 6.54 Å². The van der Waals surface area contributed by atoms with E-state index in [1.165, 1.54) is 0 Å². The van der Waals surface area contributed by atoms with E-state index in [0.29, 0.717) is 17.4 Å². The molecular weight excluding hydrogens is 318 g/mol. The van der Waals surface area contributed by atoms with E-state index < -0.39 is 10.0 Å². The lowest BCUT2D eigenvalue weighted by atomic mass is 10.1. The molecule has 2 aromatic heterocycles. The fourth-order valence-electron chi connectivity index (χ4n) is 2.02. The van der Waals surface area contributed by atoms with Gasteiger partial charge in [0.25, 0.3) is 10.0 Å². The third kappa shape index (κ3) is 4.41. The molecule has 0 atom stereocenters. The van der Waals surface area contributed by atoms with Crippen molar-refractivity contribution in [3.63, 3.8) is 0 Å². The maximum absolute atomic E-state index is 12.3. The molecule has 0 fully saturated rings. The molecule has 0 aliphatic heterocycles. The molecule has 2 rings (SSSR count). The van der Waals surface area contributed by atoms with Gasteiger partial charge < -0.3 is 9.84 Å². The van der Waals surface area contributed by atoms with Crippen molar-refractivity contribution in [2.24, 2.45) is 5.92 Å². The monoisotopic (exact) mass is 339 g/mol. The highest BCUT2D eigenvalue weighted by Crippen LogP contribution is 2.21. The first-order valence-electron chi connectivity index (χ1n) is 7.33. The summed E-state index contributed by atoms with van der Waals surface area (Å²) in [5.41, 5.74) is 0.301. The molecule has 0 bridgehead atoms. The third-order valence-corrected chi connectivity index (χ3v) is 4.77. The molecule has 0 aliphatic carbocycles. The van der Waals surface area contributed by atoms with Gasteiger partial charge in [-0.2, -0.15) is 0 Å². The van der Waals surface area contributed by atoms with E-state index in [1.807, 2.05) is 0 Å². The highest BCUT2D eigenvalue weighted by atomic mass is 32.2. The average Bonchev–Trinajstić information content (AvgIpc) is 2.80. The largest absolute Gasteiger partial charge is 0.369 e. The van der Waals surface area contributed by atoms with Crippen LogP contribution in [-0.2, 0) is 10.0 Å². The standard InChI is InChI=1S/C14H21N5O3S/c1-9(2)7-8-15-12-5-6-13(17-16-12)19-23(20,21)14-10(3)18-22-11(14)4/h5-6,9H,7-8H2,1-4H3,(H,15,16)(H,17,19). The predicted octanol–water partition coefficient (Wildman–Crippen LogP) is 2.34. The Morgan fingerprint density at radius 3 is 2.35 bits per heavy atom. The molecule has 0 radical (unpaired) electrons. The number of nitrogens with one attached hydrogen (secondary N) is 2. The topological polar surface area (TPSA) is 110 Å². The van der Waals surface area contributed by atoms with E-state index in [4.69, 9.17) is 4.52 Å². The number of rotatable bonds is 7. The molecule has 0 aliphatic rings. The van der Waals surface area contributed by atoms with Gasteiger partial charge in [0.1, 0.15) is 11.5 Å². The van der Waals surface area contributed by atoms with Gasteiger partial charge >= 0.3 is 0 Å². The first-order chi connectivity index (χ1) is 10.8. The summed E-state index contributed by atoms with van der Waals surface area (Å²) in [5.74, 6) is 1.57. The minimum Gasteiger partial charge on any atom is -0.369 e. The van der Waals surface area contributed by atoms with Gasteiger partial charge in [0.15, 0.2) is 16.5 Å². The van der Waals surface area contributed by atoms with Crippen molar-refractivity contribution in [1.82, 2.24) is 15.4 Å². The zero-order chi connectivity index (χ0) is 17.0. The number of sulfonamides is 1. The predicted molar refractivity (Wildman–Crippen MR) is 86.8 cm³/mol. The molecule has 0 amide bonds. The van der Waals surface area contributed by atoms with Crippen LogP contribution in [0, 0.1) is 19.8 Å². The number of anilines is 2. The average molecular weight is 339 g/mol. The van der Waals surface area contributed by atoms with Crippen molar-refractivity contribution in [3.8, 4) is 0 Å². The van der Waals surface area contributed by atoms with Gasteiger partial charge in [-0.05, 0) is 38.3 Å². The molecule has 0 aromatic carbocycles. The maximum Gasteiger partial charge on any atom is 0.268 e. The van der Waals surface area contributed by atoms with Crippen molar-refractivity contribution < 1.29 is 12.9 Å². The Balaban J connectivity index is 2.06. The van der Waals surface area contributed by atoms with Crippen molar-refractivity contribution in [3.05, 3.63) is 23.6 Å². The second kappa shape index (κ2) is 6.95. The molecule has 0 saturated carbocycles. The van der Waals surface area contributed by atoms with Crippen LogP contribution in [0.15, 0.2) is 21.6 Å². The van der Waals surface area contributed by atoms with E-state index in [2.05, 4.69) is 39.2 Å². The molecular formula is C14H21N5O3S. The summed E-state index contributed by atoms with van der Waals surface area (Å²) in [4.78, 5) is 0.0263. The Kier molecular flexibility index (Phi) is 5.19. The molecule has 2 heterocycles. The normalized spacial score (nSPS) is 11.7.